The predicted octanol–water partition coefficient (Wildman–Crippen LogP) is 7.67. The van der Waals surface area contributed by atoms with Crippen LogP contribution in [-0.4, -0.2) is 51.1 Å². The number of esters is 2. The summed E-state index contributed by atoms with van der Waals surface area (Å²) < 4.78 is 11.0. The van der Waals surface area contributed by atoms with Crippen LogP contribution in [-0.2, 0) is 25.5 Å². The van der Waals surface area contributed by atoms with Gasteiger partial charge in [-0.25, -0.2) is 4.98 Å². The molecule has 0 bridgehead atoms. The van der Waals surface area contributed by atoms with E-state index in [1.807, 2.05) is 13.8 Å². The van der Waals surface area contributed by atoms with Gasteiger partial charge in [-0.1, -0.05) is 136 Å². The second kappa shape index (κ2) is 25.1. The van der Waals surface area contributed by atoms with Gasteiger partial charge in [0, 0.05) is 18.8 Å². The van der Waals surface area contributed by atoms with Crippen LogP contribution in [0.2, 0.25) is 0 Å². The molecule has 2 aromatic heterocycles. The predicted molar refractivity (Wildman–Crippen MR) is 193 cm³/mol. The van der Waals surface area contributed by atoms with Gasteiger partial charge in [-0.2, -0.15) is 4.98 Å². The number of unbranched alkanes of at least 4 members (excludes halogenated alkanes) is 18. The van der Waals surface area contributed by atoms with Crippen molar-refractivity contribution in [1.29, 1.82) is 0 Å². The van der Waals surface area contributed by atoms with Crippen LogP contribution in [0.1, 0.15) is 161 Å². The number of aromatic amines is 2. The van der Waals surface area contributed by atoms with Crippen molar-refractivity contribution in [2.75, 3.05) is 18.9 Å². The molecule has 0 radical (unpaired) electrons. The molecule has 0 saturated heterocycles. The average Bonchev–Trinajstić information content (AvgIpc) is 3.46. The molecule has 0 amide bonds. The first-order valence-corrected chi connectivity index (χ1v) is 19.0. The molecule has 0 saturated carbocycles. The van der Waals surface area contributed by atoms with E-state index in [0.29, 0.717) is 25.1 Å². The summed E-state index contributed by atoms with van der Waals surface area (Å²) >= 11 is 0. The van der Waals surface area contributed by atoms with Gasteiger partial charge in [0.15, 0.2) is 11.2 Å². The number of fused-ring (bicyclic) bond motifs is 1. The molecular weight excluding hydrogens is 608 g/mol. The maximum Gasteiger partial charge on any atom is 0.323 e. The molecule has 11 nitrogen and oxygen atoms in total. The van der Waals surface area contributed by atoms with Gasteiger partial charge in [0.2, 0.25) is 5.95 Å². The molecule has 0 fully saturated rings. The van der Waals surface area contributed by atoms with Crippen LogP contribution in [0.3, 0.4) is 0 Å². The molecular formula is C37H66N6O5. The monoisotopic (exact) mass is 675 g/mol. The Balaban J connectivity index is 1.58. The van der Waals surface area contributed by atoms with Crippen LogP contribution in [0.5, 0.6) is 0 Å². The highest BCUT2D eigenvalue weighted by molar-refractivity contribution is 5.75. The van der Waals surface area contributed by atoms with Crippen molar-refractivity contribution >= 4 is 29.1 Å². The van der Waals surface area contributed by atoms with E-state index in [-0.39, 0.29) is 48.1 Å². The summed E-state index contributed by atoms with van der Waals surface area (Å²) in [6.45, 7) is 6.28. The first-order valence-electron chi connectivity index (χ1n) is 19.0. The zero-order valence-corrected chi connectivity index (χ0v) is 30.3. The summed E-state index contributed by atoms with van der Waals surface area (Å²) in [5.74, 6) is -0.426. The third kappa shape index (κ3) is 18.0. The van der Waals surface area contributed by atoms with Crippen molar-refractivity contribution in [3.05, 3.63) is 16.2 Å². The average molecular weight is 675 g/mol. The highest BCUT2D eigenvalue weighted by Gasteiger charge is 2.21. The minimum Gasteiger partial charge on any atom is -0.465 e. The van der Waals surface area contributed by atoms with Crippen molar-refractivity contribution in [3.63, 3.8) is 0 Å². The molecule has 1 unspecified atom stereocenters. The van der Waals surface area contributed by atoms with E-state index >= 15 is 0 Å². The van der Waals surface area contributed by atoms with E-state index in [2.05, 4.69) is 26.9 Å². The summed E-state index contributed by atoms with van der Waals surface area (Å²) in [6.07, 6.45) is 26.1. The Morgan fingerprint density at radius 2 is 1.27 bits per heavy atom. The van der Waals surface area contributed by atoms with Gasteiger partial charge in [-0.05, 0) is 18.8 Å². The van der Waals surface area contributed by atoms with Crippen molar-refractivity contribution in [2.45, 2.75) is 168 Å². The molecule has 0 aromatic carbocycles. The minimum absolute atomic E-state index is 0.0146. The van der Waals surface area contributed by atoms with Crippen molar-refractivity contribution in [3.8, 4) is 0 Å². The first kappa shape index (κ1) is 41.2. The maximum absolute atomic E-state index is 12.5. The SMILES string of the molecule is CCCCCCCCCCCCCCCCCCCCCC(=O)OCC(CCOC(=O)[C@@H](N)C(C)C)Cc1nc2nc(N)[nH]c(=O)c2[nH]1. The highest BCUT2D eigenvalue weighted by Crippen LogP contribution is 2.17. The van der Waals surface area contributed by atoms with Gasteiger partial charge in [0.1, 0.15) is 11.9 Å². The van der Waals surface area contributed by atoms with E-state index in [4.69, 9.17) is 20.9 Å². The van der Waals surface area contributed by atoms with Crippen LogP contribution >= 0.6 is 0 Å². The molecule has 2 aromatic rings. The lowest BCUT2D eigenvalue weighted by molar-refractivity contribution is -0.149. The fourth-order valence-electron chi connectivity index (χ4n) is 5.91. The number of nitrogen functional groups attached to an aromatic ring is 1. The lowest BCUT2D eigenvalue weighted by Gasteiger charge is -2.18. The normalized spacial score (nSPS) is 12.9. The Bertz CT molecular complexity index is 1210. The Labute approximate surface area is 288 Å². The fraction of sp³-hybridized carbons (Fsp3) is 0.811. The lowest BCUT2D eigenvalue weighted by atomic mass is 10.0. The summed E-state index contributed by atoms with van der Waals surface area (Å²) in [4.78, 5) is 50.8. The largest absolute Gasteiger partial charge is 0.465 e. The number of nitrogens with zero attached hydrogens (tertiary/aromatic N) is 2. The topological polar surface area (TPSA) is 179 Å². The van der Waals surface area contributed by atoms with Crippen molar-refractivity contribution in [1.82, 2.24) is 19.9 Å². The number of nitrogens with two attached hydrogens (primary N) is 2. The summed E-state index contributed by atoms with van der Waals surface area (Å²) in [7, 11) is 0. The quantitative estimate of drug-likeness (QED) is 0.0497. The van der Waals surface area contributed by atoms with E-state index in [0.717, 1.165) is 19.3 Å². The number of hydrogen-bond donors (Lipinski definition) is 4. The van der Waals surface area contributed by atoms with Gasteiger partial charge in [-0.15, -0.1) is 0 Å². The van der Waals surface area contributed by atoms with E-state index < -0.39 is 17.6 Å². The molecule has 274 valence electrons. The molecule has 0 aliphatic rings. The van der Waals surface area contributed by atoms with Gasteiger partial charge in [-0.3, -0.25) is 19.4 Å². The number of carbonyl (C=O) groups is 2. The van der Waals surface area contributed by atoms with Gasteiger partial charge < -0.3 is 25.9 Å². The second-order valence-corrected chi connectivity index (χ2v) is 13.9. The van der Waals surface area contributed by atoms with E-state index in [1.54, 1.807) is 0 Å². The van der Waals surface area contributed by atoms with Crippen LogP contribution in [0.25, 0.3) is 11.2 Å². The van der Waals surface area contributed by atoms with Crippen LogP contribution in [0, 0.1) is 11.8 Å². The zero-order chi connectivity index (χ0) is 35.0. The second-order valence-electron chi connectivity index (χ2n) is 13.9. The number of H-pyrrole nitrogens is 2. The van der Waals surface area contributed by atoms with E-state index in [9.17, 15) is 14.4 Å². The van der Waals surface area contributed by atoms with Crippen molar-refractivity contribution in [2.24, 2.45) is 17.6 Å². The lowest BCUT2D eigenvalue weighted by Crippen LogP contribution is -2.37. The number of carbonyl (C=O) groups excluding carboxylic acids is 2. The number of rotatable bonds is 29. The summed E-state index contributed by atoms with van der Waals surface area (Å²) in [6, 6.07) is -0.695. The molecule has 0 aliphatic heterocycles. The van der Waals surface area contributed by atoms with E-state index in [1.165, 1.54) is 103 Å². The zero-order valence-electron chi connectivity index (χ0n) is 30.3. The van der Waals surface area contributed by atoms with Crippen LogP contribution in [0.4, 0.5) is 5.95 Å². The standard InChI is InChI=1S/C37H66N6O5/c1-4-5-6-7-8-9-10-11-12-13-14-15-16-17-18-19-20-21-22-23-31(44)48-27-29(24-25-47-36(46)32(38)28(2)3)26-30-40-33-34(41-30)42-37(39)43-35(33)45/h28-29,32H,4-27,38H2,1-3H3,(H4,39,40,41,42,43,45)/t29?,32-/m0/s1. The molecule has 2 atom stereocenters. The number of ether oxygens (including phenoxy) is 2. The molecule has 6 N–H and O–H groups in total. The number of hydrogen-bond acceptors (Lipinski definition) is 9. The third-order valence-electron chi connectivity index (χ3n) is 9.14. The highest BCUT2D eigenvalue weighted by atomic mass is 16.5. The molecule has 0 aliphatic carbocycles. The van der Waals surface area contributed by atoms with Gasteiger partial charge in [0.05, 0.1) is 13.2 Å². The van der Waals surface area contributed by atoms with Gasteiger partial charge in [0.25, 0.3) is 5.56 Å². The fourth-order valence-corrected chi connectivity index (χ4v) is 5.91. The Morgan fingerprint density at radius 3 is 1.79 bits per heavy atom. The van der Waals surface area contributed by atoms with Crippen LogP contribution in [0.15, 0.2) is 4.79 Å². The summed E-state index contributed by atoms with van der Waals surface area (Å²) in [5, 5.41) is 0. The van der Waals surface area contributed by atoms with Crippen molar-refractivity contribution < 1.29 is 19.1 Å². The first-order chi connectivity index (χ1) is 23.2. The number of anilines is 1. The number of nitrogens with one attached hydrogen (secondary N) is 2. The molecule has 11 heteroatoms. The molecule has 2 rings (SSSR count). The maximum atomic E-state index is 12.5. The number of aromatic nitrogens is 4. The summed E-state index contributed by atoms with van der Waals surface area (Å²) in [5.41, 5.74) is 11.6. The molecule has 0 spiro atoms. The number of imidazole rings is 1. The smallest absolute Gasteiger partial charge is 0.323 e. The Morgan fingerprint density at radius 1 is 0.750 bits per heavy atom. The van der Waals surface area contributed by atoms with Crippen LogP contribution < -0.4 is 17.0 Å². The van der Waals surface area contributed by atoms with Gasteiger partial charge >= 0.3 is 11.9 Å². The third-order valence-corrected chi connectivity index (χ3v) is 9.14. The Hall–Kier alpha value is -2.95. The Kier molecular flexibility index (Phi) is 21.5. The molecule has 2 heterocycles. The molecule has 48 heavy (non-hydrogen) atoms. The minimum atomic E-state index is -0.695.